The Kier molecular flexibility index (Phi) is 3.75. The summed E-state index contributed by atoms with van der Waals surface area (Å²) in [5.41, 5.74) is 5.30. The molecule has 1 unspecified atom stereocenters. The van der Waals surface area contributed by atoms with Gasteiger partial charge in [-0.15, -0.1) is 0 Å². The van der Waals surface area contributed by atoms with Gasteiger partial charge in [0, 0.05) is 12.6 Å². The lowest BCUT2D eigenvalue weighted by molar-refractivity contribution is 0.156. The van der Waals surface area contributed by atoms with Crippen LogP contribution in [0.3, 0.4) is 0 Å². The molecule has 14 heavy (non-hydrogen) atoms. The molecule has 1 saturated carbocycles. The molecule has 82 valence electrons. The molecule has 0 aromatic rings. The summed E-state index contributed by atoms with van der Waals surface area (Å²) in [4.78, 5) is 10.3. The quantitative estimate of drug-likeness (QED) is 0.671. The highest BCUT2D eigenvalue weighted by Crippen LogP contribution is 2.36. The van der Waals surface area contributed by atoms with Crippen LogP contribution in [0.15, 0.2) is 0 Å². The SMILES string of the molecule is CC1(C)CCC(NCCOC(N)=O)C1. The van der Waals surface area contributed by atoms with Crippen molar-refractivity contribution in [3.05, 3.63) is 0 Å². The molecule has 0 aliphatic heterocycles. The molecule has 0 radical (unpaired) electrons. The Morgan fingerprint density at radius 1 is 1.64 bits per heavy atom. The van der Waals surface area contributed by atoms with E-state index in [1.54, 1.807) is 0 Å². The number of primary amides is 1. The summed E-state index contributed by atoms with van der Waals surface area (Å²) in [6.07, 6.45) is 2.98. The van der Waals surface area contributed by atoms with Crippen LogP contribution in [-0.4, -0.2) is 25.3 Å². The van der Waals surface area contributed by atoms with E-state index in [9.17, 15) is 4.79 Å². The van der Waals surface area contributed by atoms with E-state index in [1.165, 1.54) is 19.3 Å². The van der Waals surface area contributed by atoms with Gasteiger partial charge in [0.15, 0.2) is 0 Å². The van der Waals surface area contributed by atoms with Crippen molar-refractivity contribution < 1.29 is 9.53 Å². The molecule has 0 aromatic carbocycles. The van der Waals surface area contributed by atoms with Gasteiger partial charge in [-0.2, -0.15) is 0 Å². The Labute approximate surface area is 85.2 Å². The van der Waals surface area contributed by atoms with E-state index in [-0.39, 0.29) is 0 Å². The minimum Gasteiger partial charge on any atom is -0.448 e. The summed E-state index contributed by atoms with van der Waals surface area (Å²) in [6.45, 7) is 5.64. The molecule has 3 N–H and O–H groups in total. The number of carbonyl (C=O) groups is 1. The standard InChI is InChI=1S/C10H20N2O2/c1-10(2)4-3-8(7-10)12-5-6-14-9(11)13/h8,12H,3-7H2,1-2H3,(H2,11,13). The Morgan fingerprint density at radius 2 is 2.36 bits per heavy atom. The monoisotopic (exact) mass is 200 g/mol. The van der Waals surface area contributed by atoms with Crippen LogP contribution in [0.4, 0.5) is 4.79 Å². The van der Waals surface area contributed by atoms with Crippen LogP contribution in [0.2, 0.25) is 0 Å². The van der Waals surface area contributed by atoms with Crippen molar-refractivity contribution in [1.29, 1.82) is 0 Å². The van der Waals surface area contributed by atoms with E-state index < -0.39 is 6.09 Å². The molecule has 0 saturated heterocycles. The maximum absolute atomic E-state index is 10.3. The molecule has 1 atom stereocenters. The van der Waals surface area contributed by atoms with Gasteiger partial charge in [0.2, 0.25) is 0 Å². The summed E-state index contributed by atoms with van der Waals surface area (Å²) in [6, 6.07) is 0.571. The fourth-order valence-corrected chi connectivity index (χ4v) is 2.03. The number of rotatable bonds is 4. The first-order valence-electron chi connectivity index (χ1n) is 5.15. The zero-order valence-electron chi connectivity index (χ0n) is 9.01. The van der Waals surface area contributed by atoms with Gasteiger partial charge in [-0.3, -0.25) is 0 Å². The van der Waals surface area contributed by atoms with E-state index in [0.29, 0.717) is 24.6 Å². The number of hydrogen-bond donors (Lipinski definition) is 2. The molecule has 0 bridgehead atoms. The zero-order chi connectivity index (χ0) is 10.6. The molecule has 4 nitrogen and oxygen atoms in total. The number of carbonyl (C=O) groups excluding carboxylic acids is 1. The molecule has 0 heterocycles. The predicted molar refractivity (Wildman–Crippen MR) is 55.0 cm³/mol. The van der Waals surface area contributed by atoms with E-state index in [2.05, 4.69) is 23.9 Å². The second kappa shape index (κ2) is 4.64. The molecule has 4 heteroatoms. The lowest BCUT2D eigenvalue weighted by Gasteiger charge is -2.17. The van der Waals surface area contributed by atoms with Gasteiger partial charge < -0.3 is 15.8 Å². The first-order chi connectivity index (χ1) is 6.49. The first-order valence-corrected chi connectivity index (χ1v) is 5.15. The molecule has 0 aromatic heterocycles. The van der Waals surface area contributed by atoms with Crippen LogP contribution in [0, 0.1) is 5.41 Å². The average Bonchev–Trinajstić information content (AvgIpc) is 2.39. The van der Waals surface area contributed by atoms with Gasteiger partial charge in [-0.05, 0) is 24.7 Å². The van der Waals surface area contributed by atoms with Crippen LogP contribution in [0.5, 0.6) is 0 Å². The second-order valence-corrected chi connectivity index (χ2v) is 4.73. The Hall–Kier alpha value is -0.770. The normalized spacial score (nSPS) is 24.9. The molecular weight excluding hydrogens is 180 g/mol. The number of nitrogens with one attached hydrogen (secondary N) is 1. The van der Waals surface area contributed by atoms with Gasteiger partial charge in [-0.25, -0.2) is 4.79 Å². The number of nitrogens with two attached hydrogens (primary N) is 1. The fourth-order valence-electron chi connectivity index (χ4n) is 2.03. The van der Waals surface area contributed by atoms with Crippen LogP contribution in [-0.2, 0) is 4.74 Å². The van der Waals surface area contributed by atoms with Crippen molar-refractivity contribution in [2.45, 2.75) is 39.2 Å². The van der Waals surface area contributed by atoms with E-state index in [0.717, 1.165) is 0 Å². The van der Waals surface area contributed by atoms with Crippen molar-refractivity contribution in [1.82, 2.24) is 5.32 Å². The summed E-state index contributed by atoms with van der Waals surface area (Å²) in [5.74, 6) is 0. The third-order valence-electron chi connectivity index (χ3n) is 2.75. The van der Waals surface area contributed by atoms with Crippen LogP contribution < -0.4 is 11.1 Å². The van der Waals surface area contributed by atoms with Crippen molar-refractivity contribution in [2.24, 2.45) is 11.1 Å². The minimum atomic E-state index is -0.696. The van der Waals surface area contributed by atoms with Crippen LogP contribution in [0.1, 0.15) is 33.1 Å². The van der Waals surface area contributed by atoms with Gasteiger partial charge in [-0.1, -0.05) is 13.8 Å². The number of amides is 1. The summed E-state index contributed by atoms with van der Waals surface area (Å²) >= 11 is 0. The second-order valence-electron chi connectivity index (χ2n) is 4.73. The van der Waals surface area contributed by atoms with E-state index in [1.807, 2.05) is 0 Å². The summed E-state index contributed by atoms with van der Waals surface area (Å²) in [5, 5.41) is 3.36. The smallest absolute Gasteiger partial charge is 0.404 e. The Morgan fingerprint density at radius 3 is 2.86 bits per heavy atom. The van der Waals surface area contributed by atoms with Gasteiger partial charge in [0.05, 0.1) is 0 Å². The average molecular weight is 200 g/mol. The van der Waals surface area contributed by atoms with Gasteiger partial charge >= 0.3 is 6.09 Å². The summed E-state index contributed by atoms with van der Waals surface area (Å²) < 4.78 is 4.63. The van der Waals surface area contributed by atoms with Crippen molar-refractivity contribution in [3.63, 3.8) is 0 Å². The van der Waals surface area contributed by atoms with E-state index >= 15 is 0 Å². The van der Waals surface area contributed by atoms with Crippen LogP contribution in [0.25, 0.3) is 0 Å². The molecule has 1 amide bonds. The minimum absolute atomic E-state index is 0.367. The van der Waals surface area contributed by atoms with E-state index in [4.69, 9.17) is 5.73 Å². The molecule has 0 spiro atoms. The Balaban J connectivity index is 2.06. The first kappa shape index (κ1) is 11.3. The topological polar surface area (TPSA) is 64.3 Å². The van der Waals surface area contributed by atoms with Crippen molar-refractivity contribution in [3.8, 4) is 0 Å². The maximum Gasteiger partial charge on any atom is 0.404 e. The van der Waals surface area contributed by atoms with Crippen LogP contribution >= 0.6 is 0 Å². The largest absolute Gasteiger partial charge is 0.448 e. The Bertz CT molecular complexity index is 204. The maximum atomic E-state index is 10.3. The molecule has 1 aliphatic carbocycles. The molecular formula is C10H20N2O2. The highest BCUT2D eigenvalue weighted by Gasteiger charge is 2.30. The molecule has 1 fully saturated rings. The highest BCUT2D eigenvalue weighted by molar-refractivity contribution is 5.64. The number of hydrogen-bond acceptors (Lipinski definition) is 3. The third-order valence-corrected chi connectivity index (χ3v) is 2.75. The summed E-state index contributed by atoms with van der Waals surface area (Å²) in [7, 11) is 0. The van der Waals surface area contributed by atoms with Gasteiger partial charge in [0.1, 0.15) is 6.61 Å². The lowest BCUT2D eigenvalue weighted by Crippen LogP contribution is -2.31. The molecule has 1 rings (SSSR count). The van der Waals surface area contributed by atoms with Gasteiger partial charge in [0.25, 0.3) is 0 Å². The highest BCUT2D eigenvalue weighted by atomic mass is 16.5. The lowest BCUT2D eigenvalue weighted by atomic mass is 9.92. The van der Waals surface area contributed by atoms with Crippen molar-refractivity contribution >= 4 is 6.09 Å². The third kappa shape index (κ3) is 3.96. The zero-order valence-corrected chi connectivity index (χ0v) is 9.01. The van der Waals surface area contributed by atoms with Crippen molar-refractivity contribution in [2.75, 3.05) is 13.2 Å². The molecule has 1 aliphatic rings. The predicted octanol–water partition coefficient (Wildman–Crippen LogP) is 1.25. The fraction of sp³-hybridized carbons (Fsp3) is 0.900. The number of ether oxygens (including phenoxy) is 1.